The van der Waals surface area contributed by atoms with E-state index >= 15 is 0 Å². The predicted octanol–water partition coefficient (Wildman–Crippen LogP) is 11.6. The summed E-state index contributed by atoms with van der Waals surface area (Å²) in [5.74, 6) is 0.364. The van der Waals surface area contributed by atoms with Crippen molar-refractivity contribution in [3.63, 3.8) is 0 Å². The van der Waals surface area contributed by atoms with E-state index in [9.17, 15) is 0 Å². The van der Waals surface area contributed by atoms with Gasteiger partial charge >= 0.3 is 0 Å². The molecular weight excluding hydrogens is 661 g/mol. The van der Waals surface area contributed by atoms with Gasteiger partial charge in [0.05, 0.1) is 11.1 Å². The molecule has 2 nitrogen and oxygen atoms in total. The molecule has 5 aliphatic rings. The van der Waals surface area contributed by atoms with E-state index in [0.29, 0.717) is 5.92 Å². The molecule has 0 amide bonds. The molecule has 1 saturated carbocycles. The molecule has 7 aromatic carbocycles. The number of allylic oxidation sites excluding steroid dienone is 4. The summed E-state index contributed by atoms with van der Waals surface area (Å²) in [4.78, 5) is 8.47. The Morgan fingerprint density at radius 3 is 1.89 bits per heavy atom. The molecule has 12 rings (SSSR count). The zero-order valence-electron chi connectivity index (χ0n) is 29.0. The summed E-state index contributed by atoms with van der Waals surface area (Å²) in [6.07, 6.45) is 8.09. The quantitative estimate of drug-likeness (QED) is 0.199. The van der Waals surface area contributed by atoms with E-state index < -0.39 is 5.41 Å². The van der Waals surface area contributed by atoms with Crippen LogP contribution in [-0.2, 0) is 5.41 Å². The van der Waals surface area contributed by atoms with Gasteiger partial charge < -0.3 is 5.32 Å². The second-order valence-corrected chi connectivity index (χ2v) is 16.1. The minimum Gasteiger partial charge on any atom is -0.362 e. The summed E-state index contributed by atoms with van der Waals surface area (Å²) in [6.45, 7) is 0. The number of rotatable bonds is 3. The van der Waals surface area contributed by atoms with E-state index in [0.717, 1.165) is 23.4 Å². The highest BCUT2D eigenvalue weighted by atomic mass is 32.2. The minimum absolute atomic E-state index is 0.161. The zero-order valence-corrected chi connectivity index (χ0v) is 29.8. The highest BCUT2D eigenvalue weighted by Gasteiger charge is 2.70. The van der Waals surface area contributed by atoms with Crippen LogP contribution in [0.15, 0.2) is 196 Å². The summed E-state index contributed by atoms with van der Waals surface area (Å²) in [7, 11) is 0. The molecule has 53 heavy (non-hydrogen) atoms. The Morgan fingerprint density at radius 1 is 0.585 bits per heavy atom. The lowest BCUT2D eigenvalue weighted by atomic mass is 9.60. The first-order chi connectivity index (χ1) is 26.2. The Labute approximate surface area is 313 Å². The molecule has 2 aliphatic heterocycles. The third-order valence-corrected chi connectivity index (χ3v) is 13.8. The highest BCUT2D eigenvalue weighted by molar-refractivity contribution is 8.00. The number of benzene rings is 7. The van der Waals surface area contributed by atoms with Crippen LogP contribution in [0, 0.1) is 11.3 Å². The van der Waals surface area contributed by atoms with E-state index in [1.54, 1.807) is 0 Å². The lowest BCUT2D eigenvalue weighted by molar-refractivity contribution is 0.380. The SMILES string of the molecule is C1=CC2CC2(C2N=C(c3ccccc3)C=C(c3ccccc3)N2)C2=C1c1ccccc1C21c2ccc3ccccc3c2Sc2c1ccc1ccccc21. The maximum Gasteiger partial charge on any atom is 0.129 e. The predicted molar refractivity (Wildman–Crippen MR) is 219 cm³/mol. The number of fused-ring (bicyclic) bond motifs is 14. The summed E-state index contributed by atoms with van der Waals surface area (Å²) in [6, 6.07) is 58.3. The molecule has 3 heteroatoms. The van der Waals surface area contributed by atoms with Crippen molar-refractivity contribution in [3.05, 3.63) is 215 Å². The number of hydrogen-bond acceptors (Lipinski definition) is 3. The standard InChI is InChI=1S/C50H34N2S/c1-3-15-33(16-4-1)43-29-44(34-17-5-2-6-18-34)52-48(51-43)49-30-35(49)25-26-39-38-21-11-12-22-40(38)50(47(39)49)41-27-23-31-13-7-9-19-36(31)45(41)53-46-37-20-10-8-14-32(37)24-28-42(46)50/h1-29,35,48,51H,30H2. The Balaban J connectivity index is 1.18. The van der Waals surface area contributed by atoms with E-state index in [1.165, 1.54) is 70.3 Å². The van der Waals surface area contributed by atoms with Crippen molar-refractivity contribution in [2.75, 3.05) is 0 Å². The fraction of sp³-hybridized carbons (Fsp3) is 0.100. The van der Waals surface area contributed by atoms with Crippen molar-refractivity contribution in [2.45, 2.75) is 27.8 Å². The van der Waals surface area contributed by atoms with Crippen LogP contribution in [0.2, 0.25) is 0 Å². The van der Waals surface area contributed by atoms with Gasteiger partial charge in [0, 0.05) is 20.9 Å². The summed E-state index contributed by atoms with van der Waals surface area (Å²) < 4.78 is 0. The zero-order chi connectivity index (χ0) is 34.7. The first-order valence-corrected chi connectivity index (χ1v) is 19.5. The molecule has 0 radical (unpaired) electrons. The Morgan fingerprint density at radius 2 is 1.19 bits per heavy atom. The Bertz CT molecular complexity index is 2740. The molecule has 3 atom stereocenters. The van der Waals surface area contributed by atoms with Crippen molar-refractivity contribution < 1.29 is 0 Å². The maximum absolute atomic E-state index is 5.73. The molecule has 1 spiro atoms. The lowest BCUT2D eigenvalue weighted by Gasteiger charge is -2.46. The second-order valence-electron chi connectivity index (χ2n) is 15.1. The first kappa shape index (κ1) is 29.7. The highest BCUT2D eigenvalue weighted by Crippen LogP contribution is 2.75. The van der Waals surface area contributed by atoms with Gasteiger partial charge in [-0.2, -0.15) is 0 Å². The molecule has 0 aromatic heterocycles. The first-order valence-electron chi connectivity index (χ1n) is 18.7. The van der Waals surface area contributed by atoms with E-state index in [1.807, 2.05) is 11.8 Å². The van der Waals surface area contributed by atoms with Gasteiger partial charge in [-0.1, -0.05) is 182 Å². The number of nitrogens with zero attached hydrogens (tertiary/aromatic N) is 1. The summed E-state index contributed by atoms with van der Waals surface area (Å²) in [5, 5.41) is 9.30. The van der Waals surface area contributed by atoms with Crippen LogP contribution in [0.5, 0.6) is 0 Å². The van der Waals surface area contributed by atoms with Gasteiger partial charge in [0.15, 0.2) is 0 Å². The average molecular weight is 695 g/mol. The molecule has 3 aliphatic carbocycles. The third kappa shape index (κ3) is 3.93. The molecule has 0 bridgehead atoms. The smallest absolute Gasteiger partial charge is 0.129 e. The molecule has 7 aromatic rings. The fourth-order valence-electron chi connectivity index (χ4n) is 10.2. The van der Waals surface area contributed by atoms with E-state index in [2.05, 4.69) is 181 Å². The van der Waals surface area contributed by atoms with Crippen molar-refractivity contribution in [3.8, 4) is 0 Å². The minimum atomic E-state index is -0.492. The molecule has 1 N–H and O–H groups in total. The maximum atomic E-state index is 5.73. The largest absolute Gasteiger partial charge is 0.362 e. The average Bonchev–Trinajstić information content (AvgIpc) is 3.92. The van der Waals surface area contributed by atoms with Crippen molar-refractivity contribution >= 4 is 50.3 Å². The topological polar surface area (TPSA) is 24.4 Å². The molecule has 3 unspecified atom stereocenters. The van der Waals surface area contributed by atoms with Crippen molar-refractivity contribution in [2.24, 2.45) is 16.3 Å². The fourth-order valence-corrected chi connectivity index (χ4v) is 11.7. The van der Waals surface area contributed by atoms with Gasteiger partial charge in [-0.15, -0.1) is 0 Å². The van der Waals surface area contributed by atoms with Gasteiger partial charge in [0.2, 0.25) is 0 Å². The van der Waals surface area contributed by atoms with Crippen LogP contribution in [0.25, 0.3) is 32.8 Å². The Hall–Kier alpha value is -5.90. The van der Waals surface area contributed by atoms with Crippen LogP contribution < -0.4 is 5.32 Å². The summed E-state index contributed by atoms with van der Waals surface area (Å²) >= 11 is 1.97. The third-order valence-electron chi connectivity index (χ3n) is 12.5. The number of aliphatic imine (C=N–C) groups is 1. The van der Waals surface area contributed by atoms with E-state index in [-0.39, 0.29) is 11.6 Å². The second kappa shape index (κ2) is 10.8. The number of nitrogens with one attached hydrogen (secondary N) is 1. The lowest BCUT2D eigenvalue weighted by Crippen LogP contribution is -2.46. The van der Waals surface area contributed by atoms with Gasteiger partial charge in [0.1, 0.15) is 6.17 Å². The van der Waals surface area contributed by atoms with Crippen LogP contribution in [0.1, 0.15) is 39.8 Å². The normalized spacial score (nSPS) is 22.6. The molecule has 1 fully saturated rings. The van der Waals surface area contributed by atoms with Crippen molar-refractivity contribution in [1.82, 2.24) is 5.32 Å². The Kier molecular flexibility index (Phi) is 6.05. The van der Waals surface area contributed by atoms with Gasteiger partial charge in [0.25, 0.3) is 0 Å². The number of hydrogen-bond donors (Lipinski definition) is 1. The molecule has 0 saturated heterocycles. The van der Waals surface area contributed by atoms with Gasteiger partial charge in [-0.3, -0.25) is 4.99 Å². The van der Waals surface area contributed by atoms with Gasteiger partial charge in [-0.05, 0) is 84.5 Å². The monoisotopic (exact) mass is 694 g/mol. The van der Waals surface area contributed by atoms with E-state index in [4.69, 9.17) is 4.99 Å². The molecule has 2 heterocycles. The van der Waals surface area contributed by atoms with Crippen LogP contribution in [0.4, 0.5) is 0 Å². The van der Waals surface area contributed by atoms with Crippen molar-refractivity contribution in [1.29, 1.82) is 0 Å². The summed E-state index contributed by atoms with van der Waals surface area (Å²) in [5.41, 5.74) is 12.1. The molecular formula is C50H34N2S. The van der Waals surface area contributed by atoms with Crippen LogP contribution >= 0.6 is 11.8 Å². The van der Waals surface area contributed by atoms with Crippen LogP contribution in [-0.4, -0.2) is 11.9 Å². The van der Waals surface area contributed by atoms with Crippen LogP contribution in [0.3, 0.4) is 0 Å². The molecule has 250 valence electrons. The van der Waals surface area contributed by atoms with Gasteiger partial charge in [-0.25, -0.2) is 0 Å².